The first kappa shape index (κ1) is 12.7. The van der Waals surface area contributed by atoms with Gasteiger partial charge in [-0.2, -0.15) is 5.10 Å². The van der Waals surface area contributed by atoms with Gasteiger partial charge in [0, 0.05) is 22.8 Å². The Morgan fingerprint density at radius 3 is 3.00 bits per heavy atom. The van der Waals surface area contributed by atoms with Gasteiger partial charge in [0.05, 0.1) is 13.2 Å². The Labute approximate surface area is 126 Å². The molecule has 0 fully saturated rings. The molecular formula is C14H15N5OS. The predicted molar refractivity (Wildman–Crippen MR) is 78.5 cm³/mol. The lowest BCUT2D eigenvalue weighted by molar-refractivity contribution is 0.104. The molecule has 4 rings (SSSR count). The topological polar surface area (TPSA) is 57.8 Å². The summed E-state index contributed by atoms with van der Waals surface area (Å²) < 4.78 is 9.85. The Bertz CT molecular complexity index is 787. The van der Waals surface area contributed by atoms with E-state index in [1.165, 1.54) is 21.0 Å². The molecule has 0 aromatic carbocycles. The molecule has 0 radical (unpaired) electrons. The molecule has 0 saturated carbocycles. The van der Waals surface area contributed by atoms with E-state index in [-0.39, 0.29) is 0 Å². The van der Waals surface area contributed by atoms with Gasteiger partial charge < -0.3 is 4.74 Å². The van der Waals surface area contributed by atoms with Crippen molar-refractivity contribution in [3.63, 3.8) is 0 Å². The summed E-state index contributed by atoms with van der Waals surface area (Å²) in [6.45, 7) is 6.01. The number of nitrogens with zero attached hydrogens (tertiary/aromatic N) is 5. The number of rotatable bonds is 2. The second kappa shape index (κ2) is 4.78. The molecule has 4 heterocycles. The largest absolute Gasteiger partial charge is 0.369 e. The van der Waals surface area contributed by atoms with Crippen molar-refractivity contribution in [3.8, 4) is 5.00 Å². The maximum atomic E-state index is 5.79. The number of hydrogen-bond donors (Lipinski definition) is 0. The van der Waals surface area contributed by atoms with Crippen molar-refractivity contribution in [2.45, 2.75) is 33.6 Å². The van der Waals surface area contributed by atoms with Crippen LogP contribution < -0.4 is 0 Å². The molecule has 0 atom stereocenters. The van der Waals surface area contributed by atoms with Crippen LogP contribution in [0.15, 0.2) is 18.5 Å². The second-order valence-electron chi connectivity index (χ2n) is 5.12. The molecule has 6 nitrogen and oxygen atoms in total. The van der Waals surface area contributed by atoms with Crippen LogP contribution in [0, 0.1) is 13.8 Å². The van der Waals surface area contributed by atoms with Crippen molar-refractivity contribution in [2.24, 2.45) is 0 Å². The summed E-state index contributed by atoms with van der Waals surface area (Å²) in [5.41, 5.74) is 2.52. The third kappa shape index (κ3) is 2.00. The minimum absolute atomic E-state index is 0.502. The number of hydrogen-bond acceptors (Lipinski definition) is 5. The SMILES string of the molecule is Cc1sc2c(c1Cn1cccn1)COCc1nnc(C)n1-2. The van der Waals surface area contributed by atoms with E-state index in [1.54, 1.807) is 17.5 Å². The number of thiophene rings is 1. The van der Waals surface area contributed by atoms with Crippen LogP contribution in [-0.4, -0.2) is 24.5 Å². The predicted octanol–water partition coefficient (Wildman–Crippen LogP) is 2.22. The van der Waals surface area contributed by atoms with Gasteiger partial charge in [0.1, 0.15) is 17.4 Å². The van der Waals surface area contributed by atoms with Crippen LogP contribution in [0.2, 0.25) is 0 Å². The van der Waals surface area contributed by atoms with E-state index in [2.05, 4.69) is 26.8 Å². The van der Waals surface area contributed by atoms with Crippen LogP contribution in [0.5, 0.6) is 0 Å². The molecule has 0 unspecified atom stereocenters. The Balaban J connectivity index is 1.86. The molecule has 0 amide bonds. The van der Waals surface area contributed by atoms with E-state index in [9.17, 15) is 0 Å². The minimum Gasteiger partial charge on any atom is -0.369 e. The zero-order valence-corrected chi connectivity index (χ0v) is 12.7. The van der Waals surface area contributed by atoms with Gasteiger partial charge in [0.2, 0.25) is 0 Å². The maximum Gasteiger partial charge on any atom is 0.164 e. The lowest BCUT2D eigenvalue weighted by atomic mass is 10.1. The third-order valence-electron chi connectivity index (χ3n) is 3.75. The average molecular weight is 301 g/mol. The van der Waals surface area contributed by atoms with Gasteiger partial charge >= 0.3 is 0 Å². The van der Waals surface area contributed by atoms with Crippen molar-refractivity contribution in [1.29, 1.82) is 0 Å². The minimum atomic E-state index is 0.502. The molecule has 3 aromatic heterocycles. The molecule has 1 aliphatic heterocycles. The molecule has 21 heavy (non-hydrogen) atoms. The fourth-order valence-corrected chi connectivity index (χ4v) is 3.95. The van der Waals surface area contributed by atoms with Crippen LogP contribution in [0.3, 0.4) is 0 Å². The van der Waals surface area contributed by atoms with Crippen LogP contribution in [0.25, 0.3) is 5.00 Å². The zero-order chi connectivity index (χ0) is 14.4. The standard InChI is InChI=1S/C14H15N5OS/c1-9-11(6-18-5-3-4-15-18)12-7-20-8-13-17-16-10(2)19(13)14(12)21-9/h3-5H,6-8H2,1-2H3. The van der Waals surface area contributed by atoms with E-state index in [4.69, 9.17) is 4.74 Å². The van der Waals surface area contributed by atoms with E-state index in [0.717, 1.165) is 18.2 Å². The molecule has 1 aliphatic rings. The Morgan fingerprint density at radius 2 is 2.19 bits per heavy atom. The monoisotopic (exact) mass is 301 g/mol. The van der Waals surface area contributed by atoms with Gasteiger partial charge in [-0.15, -0.1) is 21.5 Å². The van der Waals surface area contributed by atoms with E-state index < -0.39 is 0 Å². The fourth-order valence-electron chi connectivity index (χ4n) is 2.71. The highest BCUT2D eigenvalue weighted by atomic mass is 32.1. The summed E-state index contributed by atoms with van der Waals surface area (Å²) in [4.78, 5) is 1.29. The normalized spacial score (nSPS) is 13.8. The molecule has 108 valence electrons. The van der Waals surface area contributed by atoms with Gasteiger partial charge in [-0.05, 0) is 25.5 Å². The van der Waals surface area contributed by atoms with Gasteiger partial charge in [-0.3, -0.25) is 9.25 Å². The summed E-state index contributed by atoms with van der Waals surface area (Å²) in [6.07, 6.45) is 3.79. The fraction of sp³-hybridized carbons (Fsp3) is 0.357. The zero-order valence-electron chi connectivity index (χ0n) is 11.9. The van der Waals surface area contributed by atoms with E-state index in [0.29, 0.717) is 13.2 Å². The van der Waals surface area contributed by atoms with Crippen molar-refractivity contribution < 1.29 is 4.74 Å². The third-order valence-corrected chi connectivity index (χ3v) is 4.92. The van der Waals surface area contributed by atoms with Crippen molar-refractivity contribution >= 4 is 11.3 Å². The molecule has 0 N–H and O–H groups in total. The quantitative estimate of drug-likeness (QED) is 0.728. The Hall–Kier alpha value is -1.99. The maximum absolute atomic E-state index is 5.79. The summed E-state index contributed by atoms with van der Waals surface area (Å²) in [6, 6.07) is 1.94. The number of aryl methyl sites for hydroxylation is 2. The van der Waals surface area contributed by atoms with Gasteiger partial charge in [0.25, 0.3) is 0 Å². The van der Waals surface area contributed by atoms with Crippen molar-refractivity contribution in [1.82, 2.24) is 24.5 Å². The smallest absolute Gasteiger partial charge is 0.164 e. The van der Waals surface area contributed by atoms with Gasteiger partial charge in [0.15, 0.2) is 5.82 Å². The van der Waals surface area contributed by atoms with Crippen molar-refractivity contribution in [2.75, 3.05) is 0 Å². The van der Waals surface area contributed by atoms with Crippen LogP contribution in [0.1, 0.15) is 27.7 Å². The van der Waals surface area contributed by atoms with Crippen molar-refractivity contribution in [3.05, 3.63) is 46.1 Å². The van der Waals surface area contributed by atoms with E-state index in [1.807, 2.05) is 23.9 Å². The number of fused-ring (bicyclic) bond motifs is 3. The summed E-state index contributed by atoms with van der Waals surface area (Å²) >= 11 is 1.78. The highest BCUT2D eigenvalue weighted by Gasteiger charge is 2.24. The average Bonchev–Trinajstić information content (AvgIpc) is 3.13. The summed E-state index contributed by atoms with van der Waals surface area (Å²) in [7, 11) is 0. The lowest BCUT2D eigenvalue weighted by Crippen LogP contribution is -2.04. The second-order valence-corrected chi connectivity index (χ2v) is 6.32. The molecule has 0 saturated heterocycles. The summed E-state index contributed by atoms with van der Waals surface area (Å²) in [5, 5.41) is 13.9. The van der Waals surface area contributed by atoms with Crippen LogP contribution >= 0.6 is 11.3 Å². The lowest BCUT2D eigenvalue weighted by Gasteiger charge is -2.07. The number of aromatic nitrogens is 5. The van der Waals surface area contributed by atoms with Crippen LogP contribution in [0.4, 0.5) is 0 Å². The highest BCUT2D eigenvalue weighted by Crippen LogP contribution is 2.35. The van der Waals surface area contributed by atoms with Gasteiger partial charge in [-0.25, -0.2) is 0 Å². The van der Waals surface area contributed by atoms with E-state index >= 15 is 0 Å². The highest BCUT2D eigenvalue weighted by molar-refractivity contribution is 7.14. The first-order valence-corrected chi connectivity index (χ1v) is 7.63. The molecule has 0 bridgehead atoms. The summed E-state index contributed by atoms with van der Waals surface area (Å²) in [5.74, 6) is 1.78. The molecular weight excluding hydrogens is 286 g/mol. The first-order valence-electron chi connectivity index (χ1n) is 6.81. The molecule has 0 spiro atoms. The van der Waals surface area contributed by atoms with Crippen LogP contribution in [-0.2, 0) is 24.5 Å². The Morgan fingerprint density at radius 1 is 1.29 bits per heavy atom. The Kier molecular flexibility index (Phi) is 2.90. The number of ether oxygens (including phenoxy) is 1. The molecule has 7 heteroatoms. The first-order chi connectivity index (χ1) is 10.2. The van der Waals surface area contributed by atoms with Gasteiger partial charge in [-0.1, -0.05) is 0 Å². The molecule has 0 aliphatic carbocycles. The molecule has 3 aromatic rings.